The Kier molecular flexibility index (Phi) is 51.6. The Bertz CT molecular complexity index is 2040. The molecule has 0 saturated carbocycles. The Morgan fingerprint density at radius 3 is 0.647 bits per heavy atom. The summed E-state index contributed by atoms with van der Waals surface area (Å²) in [7, 11) is 0. The molecule has 0 unspecified atom stereocenters. The standard InChI is InChI=1S/C75H148O27/c1-27-53-54-55-56-57-58-59-60-61-65(80-31-5,81-32-6)66(82-33-7,83-34-8)67(84-35-9,85-36-10)68(86-37-11,87-38-12)69(88-39-13,89-40-14)70(90-41-15,91-42-16)71(92-43-17,93-44-18)72(94-45-19,95-46-20)73(96-47-21,97-48-22)74(98-49-23,99-50-24)75(100-51-25,101-52-26)102-63(76)62(77-28-2)64(78-29-3)79-30-4/h27-61H2,1-26H3. The van der Waals surface area contributed by atoms with Crippen molar-refractivity contribution in [2.24, 2.45) is 0 Å². The van der Waals surface area contributed by atoms with E-state index in [1.807, 2.05) is 27.7 Å². The molecule has 0 radical (unpaired) electrons. The predicted molar refractivity (Wildman–Crippen MR) is 386 cm³/mol. The van der Waals surface area contributed by atoms with Gasteiger partial charge < -0.3 is 123 Å². The second-order valence-corrected chi connectivity index (χ2v) is 22.3. The molecule has 0 N–H and O–H groups in total. The number of unbranched alkanes of at least 4 members (excludes halogenated alkanes) is 8. The Morgan fingerprint density at radius 2 is 0.412 bits per heavy atom. The van der Waals surface area contributed by atoms with Gasteiger partial charge in [-0.05, 0) is 180 Å². The topological polar surface area (TPSA) is 257 Å². The highest BCUT2D eigenvalue weighted by molar-refractivity contribution is 5.86. The summed E-state index contributed by atoms with van der Waals surface area (Å²) in [5, 5.41) is 0. The van der Waals surface area contributed by atoms with Crippen molar-refractivity contribution in [3.63, 3.8) is 0 Å². The highest BCUT2D eigenvalue weighted by Crippen LogP contribution is 2.66. The predicted octanol–water partition coefficient (Wildman–Crippen LogP) is 14.1. The molecule has 0 aliphatic rings. The van der Waals surface area contributed by atoms with E-state index in [-0.39, 0.29) is 178 Å². The summed E-state index contributed by atoms with van der Waals surface area (Å²) >= 11 is 0. The van der Waals surface area contributed by atoms with Crippen LogP contribution in [-0.4, -0.2) is 235 Å². The maximum atomic E-state index is 15.8. The molecule has 27 nitrogen and oxygen atoms in total. The fraction of sp³-hybridized carbons (Fsp3) is 0.960. The van der Waals surface area contributed by atoms with Crippen LogP contribution in [0.15, 0.2) is 11.7 Å². The third-order valence-corrected chi connectivity index (χ3v) is 16.1. The second kappa shape index (κ2) is 52.7. The fourth-order valence-electron chi connectivity index (χ4n) is 13.8. The molecule has 0 fully saturated rings. The summed E-state index contributed by atoms with van der Waals surface area (Å²) in [6.07, 6.45) is 9.19. The molecule has 610 valence electrons. The minimum Gasteiger partial charge on any atom is -0.482 e. The highest BCUT2D eigenvalue weighted by Gasteiger charge is 2.97. The van der Waals surface area contributed by atoms with Crippen LogP contribution in [0.2, 0.25) is 0 Å². The molecule has 0 heterocycles. The minimum absolute atomic E-state index is 0.0527. The molecule has 0 atom stereocenters. The minimum atomic E-state index is -3.16. The first-order chi connectivity index (χ1) is 49.2. The normalized spacial score (nSPS) is 13.5. The van der Waals surface area contributed by atoms with Gasteiger partial charge in [-0.1, -0.05) is 58.3 Å². The number of hydrogen-bond donors (Lipinski definition) is 0. The first kappa shape index (κ1) is 99.7. The molecule has 102 heavy (non-hydrogen) atoms. The summed E-state index contributed by atoms with van der Waals surface area (Å²) < 4.78 is 191. The lowest BCUT2D eigenvalue weighted by Crippen LogP contribution is -2.95. The molecule has 0 bridgehead atoms. The summed E-state index contributed by atoms with van der Waals surface area (Å²) in [6.45, 7) is 39.8. The van der Waals surface area contributed by atoms with E-state index in [4.69, 9.17) is 123 Å². The zero-order chi connectivity index (χ0) is 77.4. The summed E-state index contributed by atoms with van der Waals surface area (Å²) in [4.78, 5) is 15.8. The molecule has 0 spiro atoms. The highest BCUT2D eigenvalue weighted by atomic mass is 17.0. The van der Waals surface area contributed by atoms with E-state index in [0.717, 1.165) is 38.5 Å². The molecule has 0 aromatic heterocycles. The van der Waals surface area contributed by atoms with Crippen molar-refractivity contribution in [1.29, 1.82) is 0 Å². The van der Waals surface area contributed by atoms with Crippen molar-refractivity contribution in [1.82, 2.24) is 0 Å². The molecule has 0 rings (SSSR count). The van der Waals surface area contributed by atoms with E-state index < -0.39 is 75.6 Å². The number of ether oxygens (including phenoxy) is 26. The van der Waals surface area contributed by atoms with Crippen LogP contribution in [0.5, 0.6) is 0 Å². The monoisotopic (exact) mass is 1480 g/mol. The molecule has 27 heteroatoms. The number of esters is 1. The van der Waals surface area contributed by atoms with Gasteiger partial charge in [-0.25, -0.2) is 4.79 Å². The molecule has 0 aromatic carbocycles. The number of hydrogen-bond acceptors (Lipinski definition) is 27. The first-order valence-corrected chi connectivity index (χ1v) is 39.2. The number of carbonyl (C=O) groups is 1. The largest absolute Gasteiger partial charge is 0.482 e. The van der Waals surface area contributed by atoms with Crippen LogP contribution in [0.1, 0.15) is 244 Å². The fourth-order valence-corrected chi connectivity index (χ4v) is 13.8. The molecule has 0 aliphatic carbocycles. The van der Waals surface area contributed by atoms with Gasteiger partial charge in [0.1, 0.15) is 0 Å². The van der Waals surface area contributed by atoms with Crippen molar-refractivity contribution in [3.8, 4) is 0 Å². The van der Waals surface area contributed by atoms with Gasteiger partial charge in [0.25, 0.3) is 52.1 Å². The molecular formula is C75H148O27. The second-order valence-electron chi connectivity index (χ2n) is 22.3. The van der Waals surface area contributed by atoms with Gasteiger partial charge in [0, 0.05) is 139 Å². The van der Waals surface area contributed by atoms with E-state index in [1.165, 1.54) is 12.8 Å². The van der Waals surface area contributed by atoms with E-state index in [9.17, 15) is 0 Å². The van der Waals surface area contributed by atoms with Crippen molar-refractivity contribution < 1.29 is 128 Å². The van der Waals surface area contributed by atoms with Crippen molar-refractivity contribution in [2.45, 2.75) is 308 Å². The van der Waals surface area contributed by atoms with Crippen LogP contribution in [0.4, 0.5) is 0 Å². The van der Waals surface area contributed by atoms with Crippen LogP contribution in [0.3, 0.4) is 0 Å². The van der Waals surface area contributed by atoms with Crippen molar-refractivity contribution in [2.75, 3.05) is 165 Å². The van der Waals surface area contributed by atoms with E-state index in [2.05, 4.69) is 6.92 Å². The SMILES string of the molecule is CCCCCCCCCCCC(OCC)(OCC)C(OCC)(OCC)C(OCC)(OCC)C(OCC)(OCC)C(OCC)(OCC)C(OCC)(OCC)C(OCC)(OCC)C(OCC)(OCC)C(OCC)(OCC)C(OCC)(OCC)C(OCC)(OCC)OC(=O)C(OCC)=C(OCC)OCC. The maximum absolute atomic E-state index is 15.8. The Balaban J connectivity index is 12.2. The smallest absolute Gasteiger partial charge is 0.393 e. The van der Waals surface area contributed by atoms with Gasteiger partial charge in [0.15, 0.2) is 0 Å². The lowest BCUT2D eigenvalue weighted by atomic mass is 9.72. The van der Waals surface area contributed by atoms with Gasteiger partial charge in [0.2, 0.25) is 5.79 Å². The quantitative estimate of drug-likeness (QED) is 0.0180. The summed E-state index contributed by atoms with van der Waals surface area (Å²) in [5.74, 6) is -34.1. The van der Waals surface area contributed by atoms with E-state index >= 15 is 4.79 Å². The van der Waals surface area contributed by atoms with Gasteiger partial charge in [0.05, 0.1) is 33.0 Å². The van der Waals surface area contributed by atoms with Crippen LogP contribution in [0, 0.1) is 0 Å². The number of carbonyl (C=O) groups excluding carboxylic acids is 1. The molecule has 0 aromatic rings. The first-order valence-electron chi connectivity index (χ1n) is 39.2. The zero-order valence-corrected chi connectivity index (χ0v) is 68.8. The summed E-state index contributed by atoms with van der Waals surface area (Å²) in [5.41, 5.74) is 0. The van der Waals surface area contributed by atoms with Gasteiger partial charge in [-0.3, -0.25) is 0 Å². The van der Waals surface area contributed by atoms with Gasteiger partial charge in [-0.15, -0.1) is 0 Å². The molecular weight excluding hydrogens is 1330 g/mol. The maximum Gasteiger partial charge on any atom is 0.393 e. The van der Waals surface area contributed by atoms with Gasteiger partial charge >= 0.3 is 23.7 Å². The average Bonchev–Trinajstić information content (AvgIpc) is 0.650. The molecule has 0 saturated heterocycles. The van der Waals surface area contributed by atoms with Crippen LogP contribution in [0.25, 0.3) is 0 Å². The third-order valence-electron chi connectivity index (χ3n) is 16.1. The third kappa shape index (κ3) is 20.8. The number of rotatable bonds is 72. The van der Waals surface area contributed by atoms with E-state index in [0.29, 0.717) is 6.42 Å². The Hall–Kier alpha value is -2.27. The van der Waals surface area contributed by atoms with E-state index in [1.54, 1.807) is 145 Å². The lowest BCUT2D eigenvalue weighted by molar-refractivity contribution is -0.643. The Morgan fingerprint density at radius 1 is 0.206 bits per heavy atom. The van der Waals surface area contributed by atoms with Gasteiger partial charge in [-0.2, -0.15) is 0 Å². The molecule has 0 amide bonds. The molecule has 0 aliphatic heterocycles. The van der Waals surface area contributed by atoms with Crippen molar-refractivity contribution >= 4 is 5.97 Å². The van der Waals surface area contributed by atoms with Crippen molar-refractivity contribution in [3.05, 3.63) is 11.7 Å². The Labute approximate surface area is 616 Å². The zero-order valence-electron chi connectivity index (χ0n) is 68.8. The lowest BCUT2D eigenvalue weighted by Gasteiger charge is -2.69. The average molecular weight is 1480 g/mol. The van der Waals surface area contributed by atoms with Crippen LogP contribution >= 0.6 is 0 Å². The summed E-state index contributed by atoms with van der Waals surface area (Å²) in [6, 6.07) is 0. The van der Waals surface area contributed by atoms with Crippen LogP contribution in [-0.2, 0) is 128 Å². The van der Waals surface area contributed by atoms with Crippen LogP contribution < -0.4 is 0 Å².